The quantitative estimate of drug-likeness (QED) is 0.778. The number of fused-ring (bicyclic) bond motifs is 1. The number of benzene rings is 1. The largest absolute Gasteiger partial charge is 0.396 e. The van der Waals surface area contributed by atoms with Crippen LogP contribution in [0.1, 0.15) is 23.0 Å². The second-order valence-electron chi connectivity index (χ2n) is 4.71. The number of hydrogen-bond donors (Lipinski definition) is 2. The van der Waals surface area contributed by atoms with Gasteiger partial charge in [0.2, 0.25) is 0 Å². The zero-order valence-electron chi connectivity index (χ0n) is 11.8. The first kappa shape index (κ1) is 13.6. The monoisotopic (exact) mass is 301 g/mol. The van der Waals surface area contributed by atoms with Crippen LogP contribution in [0.15, 0.2) is 24.4 Å². The number of rotatable bonds is 3. The van der Waals surface area contributed by atoms with Gasteiger partial charge in [0.15, 0.2) is 5.13 Å². The third kappa shape index (κ3) is 2.47. The van der Waals surface area contributed by atoms with Gasteiger partial charge in [-0.1, -0.05) is 17.4 Å². The Balaban J connectivity index is 1.90. The molecule has 0 atom stereocenters. The van der Waals surface area contributed by atoms with Gasteiger partial charge in [0.05, 0.1) is 22.1 Å². The lowest BCUT2D eigenvalue weighted by molar-refractivity contribution is 0.101. The number of hydrogen-bond acceptors (Lipinski definition) is 5. The molecular weight excluding hydrogens is 286 g/mol. The molecule has 6 nitrogen and oxygen atoms in total. The summed E-state index contributed by atoms with van der Waals surface area (Å²) in [4.78, 5) is 16.7. The fourth-order valence-corrected chi connectivity index (χ4v) is 3.09. The van der Waals surface area contributed by atoms with Crippen LogP contribution in [0.3, 0.4) is 0 Å². The third-order valence-electron chi connectivity index (χ3n) is 3.15. The molecule has 0 fully saturated rings. The third-order valence-corrected chi connectivity index (χ3v) is 4.08. The van der Waals surface area contributed by atoms with E-state index in [0.717, 1.165) is 15.8 Å². The number of nitrogens with two attached hydrogens (primary N) is 1. The predicted octanol–water partition coefficient (Wildman–Crippen LogP) is 2.66. The standard InChI is InChI=1S/C14H15N5OS/c1-3-19-12(9(15)7-16-19)13(20)18-14-17-10-5-4-8(2)6-11(10)21-14/h4-7H,3,15H2,1-2H3,(H,17,18,20). The highest BCUT2D eigenvalue weighted by Gasteiger charge is 2.17. The molecule has 0 aliphatic rings. The maximum Gasteiger partial charge on any atom is 0.277 e. The summed E-state index contributed by atoms with van der Waals surface area (Å²) in [6.07, 6.45) is 1.49. The zero-order chi connectivity index (χ0) is 15.0. The second-order valence-corrected chi connectivity index (χ2v) is 5.74. The first-order chi connectivity index (χ1) is 10.1. The number of anilines is 2. The van der Waals surface area contributed by atoms with Gasteiger partial charge in [0.1, 0.15) is 5.69 Å². The van der Waals surface area contributed by atoms with Crippen molar-refractivity contribution < 1.29 is 4.79 Å². The minimum Gasteiger partial charge on any atom is -0.396 e. The lowest BCUT2D eigenvalue weighted by atomic mass is 10.2. The summed E-state index contributed by atoms with van der Waals surface area (Å²) >= 11 is 1.44. The Labute approximate surface area is 125 Å². The molecule has 1 aromatic carbocycles. The van der Waals surface area contributed by atoms with Gasteiger partial charge in [-0.2, -0.15) is 5.10 Å². The average molecular weight is 301 g/mol. The first-order valence-corrected chi connectivity index (χ1v) is 7.40. The molecule has 0 bridgehead atoms. The number of thiazole rings is 1. The van der Waals surface area contributed by atoms with Gasteiger partial charge in [-0.25, -0.2) is 4.98 Å². The topological polar surface area (TPSA) is 85.8 Å². The minimum atomic E-state index is -0.289. The molecule has 3 aromatic rings. The van der Waals surface area contributed by atoms with E-state index in [1.165, 1.54) is 17.5 Å². The molecule has 0 aliphatic carbocycles. The van der Waals surface area contributed by atoms with Crippen molar-refractivity contribution in [2.75, 3.05) is 11.1 Å². The van der Waals surface area contributed by atoms with E-state index in [1.54, 1.807) is 4.68 Å². The maximum atomic E-state index is 12.3. The molecule has 1 amide bonds. The number of aromatic nitrogens is 3. The fraction of sp³-hybridized carbons (Fsp3) is 0.214. The van der Waals surface area contributed by atoms with Crippen LogP contribution in [0.25, 0.3) is 10.2 Å². The molecule has 0 spiro atoms. The second kappa shape index (κ2) is 5.17. The van der Waals surface area contributed by atoms with Crippen LogP contribution in [0.4, 0.5) is 10.8 Å². The Morgan fingerprint density at radius 1 is 1.48 bits per heavy atom. The van der Waals surface area contributed by atoms with Crippen molar-refractivity contribution in [2.45, 2.75) is 20.4 Å². The van der Waals surface area contributed by atoms with Gasteiger partial charge in [-0.05, 0) is 31.5 Å². The number of nitrogens with one attached hydrogen (secondary N) is 1. The summed E-state index contributed by atoms with van der Waals surface area (Å²) in [5.74, 6) is -0.289. The van der Waals surface area contributed by atoms with E-state index in [2.05, 4.69) is 15.4 Å². The molecule has 0 radical (unpaired) electrons. The number of nitrogen functional groups attached to an aromatic ring is 1. The molecule has 0 saturated carbocycles. The molecule has 3 rings (SSSR count). The Hall–Kier alpha value is -2.41. The van der Waals surface area contributed by atoms with Crippen molar-refractivity contribution in [2.24, 2.45) is 0 Å². The summed E-state index contributed by atoms with van der Waals surface area (Å²) in [7, 11) is 0. The van der Waals surface area contributed by atoms with Crippen LogP contribution in [0.2, 0.25) is 0 Å². The summed E-state index contributed by atoms with van der Waals surface area (Å²) < 4.78 is 2.62. The summed E-state index contributed by atoms with van der Waals surface area (Å²) in [6.45, 7) is 4.51. The van der Waals surface area contributed by atoms with E-state index in [1.807, 2.05) is 32.0 Å². The van der Waals surface area contributed by atoms with Gasteiger partial charge in [-0.3, -0.25) is 14.8 Å². The van der Waals surface area contributed by atoms with E-state index in [-0.39, 0.29) is 5.91 Å². The van der Waals surface area contributed by atoms with Crippen LogP contribution in [0.5, 0.6) is 0 Å². The number of carbonyl (C=O) groups is 1. The smallest absolute Gasteiger partial charge is 0.277 e. The van der Waals surface area contributed by atoms with Crippen LogP contribution in [-0.2, 0) is 6.54 Å². The molecule has 2 aromatic heterocycles. The van der Waals surface area contributed by atoms with Crippen molar-refractivity contribution in [3.05, 3.63) is 35.7 Å². The van der Waals surface area contributed by atoms with E-state index in [4.69, 9.17) is 5.73 Å². The van der Waals surface area contributed by atoms with Crippen molar-refractivity contribution >= 4 is 38.3 Å². The summed E-state index contributed by atoms with van der Waals surface area (Å²) in [5.41, 5.74) is 8.58. The normalized spacial score (nSPS) is 11.0. The SMILES string of the molecule is CCn1ncc(N)c1C(=O)Nc1nc2ccc(C)cc2s1. The molecule has 7 heteroatoms. The molecule has 0 unspecified atom stereocenters. The lowest BCUT2D eigenvalue weighted by Crippen LogP contribution is -2.18. The Bertz CT molecular complexity index is 820. The number of amides is 1. The Kier molecular flexibility index (Phi) is 3.34. The highest BCUT2D eigenvalue weighted by Crippen LogP contribution is 2.27. The molecule has 3 N–H and O–H groups in total. The lowest BCUT2D eigenvalue weighted by Gasteiger charge is -2.05. The number of nitrogens with zero attached hydrogens (tertiary/aromatic N) is 3. The molecule has 0 saturated heterocycles. The van der Waals surface area contributed by atoms with Crippen molar-refractivity contribution in [1.82, 2.24) is 14.8 Å². The highest BCUT2D eigenvalue weighted by atomic mass is 32.1. The van der Waals surface area contributed by atoms with E-state index in [9.17, 15) is 4.79 Å². The van der Waals surface area contributed by atoms with Gasteiger partial charge < -0.3 is 5.73 Å². The first-order valence-electron chi connectivity index (χ1n) is 6.58. The van der Waals surface area contributed by atoms with Crippen LogP contribution in [0, 0.1) is 6.92 Å². The van der Waals surface area contributed by atoms with Crippen LogP contribution < -0.4 is 11.1 Å². The maximum absolute atomic E-state index is 12.3. The van der Waals surface area contributed by atoms with E-state index < -0.39 is 0 Å². The molecule has 21 heavy (non-hydrogen) atoms. The summed E-state index contributed by atoms with van der Waals surface area (Å²) in [6, 6.07) is 5.99. The van der Waals surface area contributed by atoms with Gasteiger partial charge >= 0.3 is 0 Å². The van der Waals surface area contributed by atoms with Gasteiger partial charge in [-0.15, -0.1) is 0 Å². The average Bonchev–Trinajstić information content (AvgIpc) is 3.00. The molecule has 2 heterocycles. The molecule has 108 valence electrons. The van der Waals surface area contributed by atoms with Crippen molar-refractivity contribution in [3.63, 3.8) is 0 Å². The van der Waals surface area contributed by atoms with Crippen LogP contribution >= 0.6 is 11.3 Å². The Morgan fingerprint density at radius 2 is 2.29 bits per heavy atom. The predicted molar refractivity (Wildman–Crippen MR) is 84.6 cm³/mol. The number of aryl methyl sites for hydroxylation is 2. The van der Waals surface area contributed by atoms with E-state index >= 15 is 0 Å². The molecule has 0 aliphatic heterocycles. The summed E-state index contributed by atoms with van der Waals surface area (Å²) in [5, 5.41) is 7.42. The zero-order valence-corrected chi connectivity index (χ0v) is 12.6. The van der Waals surface area contributed by atoms with Gasteiger partial charge in [0, 0.05) is 6.54 Å². The van der Waals surface area contributed by atoms with Crippen molar-refractivity contribution in [1.29, 1.82) is 0 Å². The fourth-order valence-electron chi connectivity index (χ4n) is 2.13. The molecular formula is C14H15N5OS. The minimum absolute atomic E-state index is 0.289. The Morgan fingerprint density at radius 3 is 3.05 bits per heavy atom. The van der Waals surface area contributed by atoms with Gasteiger partial charge in [0.25, 0.3) is 5.91 Å². The van der Waals surface area contributed by atoms with E-state index in [0.29, 0.717) is 23.1 Å². The van der Waals surface area contributed by atoms with Crippen LogP contribution in [-0.4, -0.2) is 20.7 Å². The highest BCUT2D eigenvalue weighted by molar-refractivity contribution is 7.22. The number of carbonyl (C=O) groups excluding carboxylic acids is 1. The van der Waals surface area contributed by atoms with Crippen molar-refractivity contribution in [3.8, 4) is 0 Å².